The Morgan fingerprint density at radius 1 is 1.53 bits per heavy atom. The Morgan fingerprint density at radius 2 is 2.33 bits per heavy atom. The van der Waals surface area contributed by atoms with Gasteiger partial charge in [0.1, 0.15) is 0 Å². The molecule has 0 radical (unpaired) electrons. The second-order valence-corrected chi connectivity index (χ2v) is 4.56. The van der Waals surface area contributed by atoms with E-state index in [1.165, 1.54) is 30.4 Å². The third-order valence-corrected chi connectivity index (χ3v) is 3.30. The van der Waals surface area contributed by atoms with Gasteiger partial charge in [0.25, 0.3) is 0 Å². The van der Waals surface area contributed by atoms with Gasteiger partial charge in [-0.05, 0) is 42.4 Å². The molecule has 1 aromatic heterocycles. The molecule has 1 saturated carbocycles. The molecule has 2 nitrogen and oxygen atoms in total. The summed E-state index contributed by atoms with van der Waals surface area (Å²) in [4.78, 5) is 4.15. The second kappa shape index (κ2) is 4.75. The fraction of sp³-hybridized carbons (Fsp3) is 0.615. The molecule has 0 bridgehead atoms. The van der Waals surface area contributed by atoms with Crippen molar-refractivity contribution in [2.75, 3.05) is 0 Å². The van der Waals surface area contributed by atoms with Crippen LogP contribution in [0, 0.1) is 5.92 Å². The maximum atomic E-state index is 6.22. The van der Waals surface area contributed by atoms with Crippen molar-refractivity contribution in [1.29, 1.82) is 0 Å². The molecule has 0 amide bonds. The summed E-state index contributed by atoms with van der Waals surface area (Å²) < 4.78 is 0. The predicted molar refractivity (Wildman–Crippen MR) is 62.5 cm³/mol. The van der Waals surface area contributed by atoms with Crippen LogP contribution in [0.2, 0.25) is 0 Å². The fourth-order valence-corrected chi connectivity index (χ4v) is 2.07. The van der Waals surface area contributed by atoms with Crippen LogP contribution in [-0.4, -0.2) is 4.98 Å². The summed E-state index contributed by atoms with van der Waals surface area (Å²) in [5.41, 5.74) is 8.83. The van der Waals surface area contributed by atoms with E-state index in [4.69, 9.17) is 5.73 Å². The van der Waals surface area contributed by atoms with E-state index >= 15 is 0 Å². The molecule has 0 spiro atoms. The van der Waals surface area contributed by atoms with Crippen molar-refractivity contribution in [2.45, 2.75) is 45.1 Å². The minimum Gasteiger partial charge on any atom is -0.324 e. The number of aryl methyl sites for hydroxylation is 1. The molecular formula is C13H20N2. The molecule has 2 heteroatoms. The maximum Gasteiger partial charge on any atom is 0.0303 e. The molecule has 2 rings (SSSR count). The molecule has 0 saturated heterocycles. The predicted octanol–water partition coefficient (Wildman–Crippen LogP) is 2.83. The molecule has 1 aliphatic carbocycles. The summed E-state index contributed by atoms with van der Waals surface area (Å²) in [6.45, 7) is 2.16. The lowest BCUT2D eigenvalue weighted by Crippen LogP contribution is -2.13. The summed E-state index contributed by atoms with van der Waals surface area (Å²) in [6.07, 6.45) is 10.1. The maximum absolute atomic E-state index is 6.22. The van der Waals surface area contributed by atoms with E-state index in [0.717, 1.165) is 18.8 Å². The summed E-state index contributed by atoms with van der Waals surface area (Å²) in [5.74, 6) is 0.975. The molecule has 1 heterocycles. The van der Waals surface area contributed by atoms with Crippen molar-refractivity contribution >= 4 is 0 Å². The van der Waals surface area contributed by atoms with Gasteiger partial charge < -0.3 is 5.73 Å². The van der Waals surface area contributed by atoms with Crippen LogP contribution in [0.25, 0.3) is 0 Å². The molecule has 82 valence electrons. The highest BCUT2D eigenvalue weighted by molar-refractivity contribution is 5.26. The highest BCUT2D eigenvalue weighted by Gasteiger charge is 2.22. The van der Waals surface area contributed by atoms with Crippen LogP contribution in [0.15, 0.2) is 18.5 Å². The molecule has 0 aliphatic heterocycles. The average Bonchev–Trinajstić information content (AvgIpc) is 3.09. The third-order valence-electron chi connectivity index (χ3n) is 3.30. The van der Waals surface area contributed by atoms with Gasteiger partial charge in [0.05, 0.1) is 0 Å². The van der Waals surface area contributed by atoms with Gasteiger partial charge in [-0.3, -0.25) is 4.98 Å². The lowest BCUT2D eigenvalue weighted by atomic mass is 9.97. The van der Waals surface area contributed by atoms with E-state index in [0.29, 0.717) is 0 Å². The summed E-state index contributed by atoms with van der Waals surface area (Å²) in [5, 5.41) is 0. The van der Waals surface area contributed by atoms with Crippen LogP contribution in [0.3, 0.4) is 0 Å². The Balaban J connectivity index is 1.98. The van der Waals surface area contributed by atoms with Crippen molar-refractivity contribution in [2.24, 2.45) is 11.7 Å². The van der Waals surface area contributed by atoms with E-state index in [2.05, 4.69) is 18.0 Å². The Hall–Kier alpha value is -0.890. The highest BCUT2D eigenvalue weighted by atomic mass is 14.7. The van der Waals surface area contributed by atoms with Crippen LogP contribution in [0.1, 0.15) is 49.8 Å². The van der Waals surface area contributed by atoms with E-state index in [1.54, 1.807) is 0 Å². The first-order valence-corrected chi connectivity index (χ1v) is 5.99. The third kappa shape index (κ3) is 2.78. The highest BCUT2D eigenvalue weighted by Crippen LogP contribution is 2.35. The van der Waals surface area contributed by atoms with E-state index in [9.17, 15) is 0 Å². The van der Waals surface area contributed by atoms with Crippen LogP contribution >= 0.6 is 0 Å². The minimum atomic E-state index is 0.212. The lowest BCUT2D eigenvalue weighted by Gasteiger charge is -2.15. The second-order valence-electron chi connectivity index (χ2n) is 4.56. The van der Waals surface area contributed by atoms with Crippen molar-refractivity contribution in [3.8, 4) is 0 Å². The van der Waals surface area contributed by atoms with E-state index in [-0.39, 0.29) is 6.04 Å². The number of rotatable bonds is 5. The number of aromatic nitrogens is 1. The normalized spacial score (nSPS) is 17.7. The first-order chi connectivity index (χ1) is 7.31. The zero-order chi connectivity index (χ0) is 10.7. The number of nitrogens with two attached hydrogens (primary N) is 1. The van der Waals surface area contributed by atoms with Crippen LogP contribution in [0.5, 0.6) is 0 Å². The van der Waals surface area contributed by atoms with E-state index < -0.39 is 0 Å². The van der Waals surface area contributed by atoms with Gasteiger partial charge in [-0.1, -0.05) is 19.8 Å². The fourth-order valence-electron chi connectivity index (χ4n) is 2.07. The first-order valence-electron chi connectivity index (χ1n) is 5.99. The molecule has 1 unspecified atom stereocenters. The van der Waals surface area contributed by atoms with Gasteiger partial charge in [-0.2, -0.15) is 0 Å². The van der Waals surface area contributed by atoms with Crippen LogP contribution in [0.4, 0.5) is 0 Å². The Morgan fingerprint density at radius 3 is 3.00 bits per heavy atom. The first kappa shape index (κ1) is 10.6. The standard InChI is InChI=1S/C13H20N2/c1-2-11-9-15-8-7-12(11)13(14)6-5-10-3-4-10/h7-10,13H,2-6,14H2,1H3. The van der Waals surface area contributed by atoms with Crippen LogP contribution in [-0.2, 0) is 6.42 Å². The number of pyridine rings is 1. The molecule has 0 aromatic carbocycles. The van der Waals surface area contributed by atoms with Gasteiger partial charge in [0.2, 0.25) is 0 Å². The van der Waals surface area contributed by atoms with Crippen molar-refractivity contribution < 1.29 is 0 Å². The monoisotopic (exact) mass is 204 g/mol. The average molecular weight is 204 g/mol. The van der Waals surface area contributed by atoms with Gasteiger partial charge in [-0.25, -0.2) is 0 Å². The summed E-state index contributed by atoms with van der Waals surface area (Å²) in [6, 6.07) is 2.29. The Labute approximate surface area is 91.9 Å². The molecule has 15 heavy (non-hydrogen) atoms. The SMILES string of the molecule is CCc1cnccc1C(N)CCC1CC1. The molecular weight excluding hydrogens is 184 g/mol. The smallest absolute Gasteiger partial charge is 0.0303 e. The van der Waals surface area contributed by atoms with Crippen molar-refractivity contribution in [3.05, 3.63) is 29.6 Å². The number of hydrogen-bond acceptors (Lipinski definition) is 2. The van der Waals surface area contributed by atoms with Crippen molar-refractivity contribution in [3.63, 3.8) is 0 Å². The molecule has 1 aromatic rings. The Kier molecular flexibility index (Phi) is 3.37. The van der Waals surface area contributed by atoms with Crippen molar-refractivity contribution in [1.82, 2.24) is 4.98 Å². The topological polar surface area (TPSA) is 38.9 Å². The van der Waals surface area contributed by atoms with Crippen LogP contribution < -0.4 is 5.73 Å². The Bertz CT molecular complexity index is 318. The summed E-state index contributed by atoms with van der Waals surface area (Å²) >= 11 is 0. The number of nitrogens with zero attached hydrogens (tertiary/aromatic N) is 1. The number of hydrogen-bond donors (Lipinski definition) is 1. The lowest BCUT2D eigenvalue weighted by molar-refractivity contribution is 0.571. The van der Waals surface area contributed by atoms with Gasteiger partial charge >= 0.3 is 0 Å². The molecule has 1 atom stereocenters. The molecule has 2 N–H and O–H groups in total. The zero-order valence-corrected chi connectivity index (χ0v) is 9.45. The van der Waals surface area contributed by atoms with Gasteiger partial charge in [0.15, 0.2) is 0 Å². The van der Waals surface area contributed by atoms with Gasteiger partial charge in [-0.15, -0.1) is 0 Å². The summed E-state index contributed by atoms with van der Waals surface area (Å²) in [7, 11) is 0. The largest absolute Gasteiger partial charge is 0.324 e. The molecule has 1 fully saturated rings. The zero-order valence-electron chi connectivity index (χ0n) is 9.45. The van der Waals surface area contributed by atoms with Gasteiger partial charge in [0, 0.05) is 18.4 Å². The minimum absolute atomic E-state index is 0.212. The molecule has 1 aliphatic rings. The quantitative estimate of drug-likeness (QED) is 0.801. The van der Waals surface area contributed by atoms with E-state index in [1.807, 2.05) is 12.4 Å².